The number of hydrogen-bond donors (Lipinski definition) is 2. The summed E-state index contributed by atoms with van der Waals surface area (Å²) in [5.41, 5.74) is 2.29. The van der Waals surface area contributed by atoms with Crippen LogP contribution in [0.4, 0.5) is 5.69 Å². The zero-order valence-electron chi connectivity index (χ0n) is 10.4. The molecule has 0 radical (unpaired) electrons. The summed E-state index contributed by atoms with van der Waals surface area (Å²) in [4.78, 5) is 2.30. The predicted molar refractivity (Wildman–Crippen MR) is 69.5 cm³/mol. The van der Waals surface area contributed by atoms with Crippen LogP contribution in [0.5, 0.6) is 5.75 Å². The number of phenolic OH excluding ortho intramolecular Hbond substituents is 1. The molecule has 94 valence electrons. The normalized spacial score (nSPS) is 19.9. The van der Waals surface area contributed by atoms with Crippen LogP contribution in [0.3, 0.4) is 0 Å². The zero-order chi connectivity index (χ0) is 12.3. The molecule has 0 spiro atoms. The predicted octanol–water partition coefficient (Wildman–Crippen LogP) is 2.16. The standard InChI is InChI=1S/C14H21NO2/c1-2-11-7-13(9-14(17)8-11)15-5-3-12(10-15)4-6-16/h7-9,12,16-17H,2-6,10H2,1H3. The maximum absolute atomic E-state index is 9.69. The molecule has 3 nitrogen and oxygen atoms in total. The molecule has 0 amide bonds. The van der Waals surface area contributed by atoms with Gasteiger partial charge in [0.25, 0.3) is 0 Å². The third kappa shape index (κ3) is 2.91. The molecule has 1 aromatic rings. The first kappa shape index (κ1) is 12.2. The molecule has 1 fully saturated rings. The molecule has 2 N–H and O–H groups in total. The molecule has 1 aromatic carbocycles. The van der Waals surface area contributed by atoms with Crippen molar-refractivity contribution >= 4 is 5.69 Å². The van der Waals surface area contributed by atoms with Gasteiger partial charge in [-0.2, -0.15) is 0 Å². The van der Waals surface area contributed by atoms with E-state index in [4.69, 9.17) is 5.11 Å². The summed E-state index contributed by atoms with van der Waals surface area (Å²) in [6.07, 6.45) is 2.96. The lowest BCUT2D eigenvalue weighted by Crippen LogP contribution is -2.20. The molecular formula is C14H21NO2. The number of nitrogens with zero attached hydrogens (tertiary/aromatic N) is 1. The summed E-state index contributed by atoms with van der Waals surface area (Å²) in [5.74, 6) is 0.942. The second-order valence-electron chi connectivity index (χ2n) is 4.82. The van der Waals surface area contributed by atoms with Gasteiger partial charge >= 0.3 is 0 Å². The van der Waals surface area contributed by atoms with E-state index in [0.717, 1.165) is 38.0 Å². The number of phenols is 1. The fourth-order valence-electron chi connectivity index (χ4n) is 2.53. The number of aromatic hydroxyl groups is 1. The van der Waals surface area contributed by atoms with Crippen molar-refractivity contribution in [2.24, 2.45) is 5.92 Å². The molecule has 0 saturated carbocycles. The number of benzene rings is 1. The molecule has 1 aliphatic rings. The molecule has 0 aromatic heterocycles. The molecule has 17 heavy (non-hydrogen) atoms. The highest BCUT2D eigenvalue weighted by molar-refractivity contribution is 5.53. The summed E-state index contributed by atoms with van der Waals surface area (Å²) in [6.45, 7) is 4.39. The minimum atomic E-state index is 0.277. The second-order valence-corrected chi connectivity index (χ2v) is 4.82. The molecule has 1 saturated heterocycles. The topological polar surface area (TPSA) is 43.7 Å². The second kappa shape index (κ2) is 5.41. The highest BCUT2D eigenvalue weighted by Gasteiger charge is 2.22. The van der Waals surface area contributed by atoms with Gasteiger partial charge in [-0.3, -0.25) is 0 Å². The van der Waals surface area contributed by atoms with Crippen LogP contribution in [-0.2, 0) is 6.42 Å². The van der Waals surface area contributed by atoms with Gasteiger partial charge in [0.05, 0.1) is 0 Å². The first-order valence-corrected chi connectivity index (χ1v) is 6.41. The van der Waals surface area contributed by atoms with Crippen LogP contribution in [0.25, 0.3) is 0 Å². The highest BCUT2D eigenvalue weighted by atomic mass is 16.3. The molecule has 1 aliphatic heterocycles. The highest BCUT2D eigenvalue weighted by Crippen LogP contribution is 2.29. The van der Waals surface area contributed by atoms with Gasteiger partial charge in [0.1, 0.15) is 5.75 Å². The number of aliphatic hydroxyl groups excluding tert-OH is 1. The van der Waals surface area contributed by atoms with Crippen molar-refractivity contribution in [2.45, 2.75) is 26.2 Å². The number of aliphatic hydroxyl groups is 1. The van der Waals surface area contributed by atoms with E-state index < -0.39 is 0 Å². The summed E-state index contributed by atoms with van der Waals surface area (Å²) < 4.78 is 0. The molecule has 1 heterocycles. The minimum Gasteiger partial charge on any atom is -0.508 e. The van der Waals surface area contributed by atoms with Gasteiger partial charge in [0.15, 0.2) is 0 Å². The van der Waals surface area contributed by atoms with Crippen molar-refractivity contribution in [1.82, 2.24) is 0 Å². The Balaban J connectivity index is 2.10. The molecule has 3 heteroatoms. The van der Waals surface area contributed by atoms with Crippen molar-refractivity contribution in [2.75, 3.05) is 24.6 Å². The molecular weight excluding hydrogens is 214 g/mol. The van der Waals surface area contributed by atoms with Crippen LogP contribution in [0.2, 0.25) is 0 Å². The lowest BCUT2D eigenvalue weighted by Gasteiger charge is -2.19. The Hall–Kier alpha value is -1.22. The number of hydrogen-bond acceptors (Lipinski definition) is 3. The van der Waals surface area contributed by atoms with Crippen LogP contribution in [0, 0.1) is 5.92 Å². The summed E-state index contributed by atoms with van der Waals surface area (Å²) in [7, 11) is 0. The van der Waals surface area contributed by atoms with E-state index >= 15 is 0 Å². The lowest BCUT2D eigenvalue weighted by atomic mass is 10.1. The van der Waals surface area contributed by atoms with Crippen molar-refractivity contribution < 1.29 is 10.2 Å². The Morgan fingerprint density at radius 2 is 2.18 bits per heavy atom. The SMILES string of the molecule is CCc1cc(O)cc(N2CCC(CCO)C2)c1. The molecule has 0 bridgehead atoms. The molecule has 1 unspecified atom stereocenters. The van der Waals surface area contributed by atoms with E-state index in [0.29, 0.717) is 11.7 Å². The minimum absolute atomic E-state index is 0.277. The third-order valence-corrected chi connectivity index (χ3v) is 3.56. The maximum Gasteiger partial charge on any atom is 0.117 e. The fraction of sp³-hybridized carbons (Fsp3) is 0.571. The Kier molecular flexibility index (Phi) is 3.89. The zero-order valence-corrected chi connectivity index (χ0v) is 10.4. The van der Waals surface area contributed by atoms with Gasteiger partial charge in [0, 0.05) is 31.5 Å². The van der Waals surface area contributed by atoms with Crippen LogP contribution >= 0.6 is 0 Å². The monoisotopic (exact) mass is 235 g/mol. The number of rotatable bonds is 4. The van der Waals surface area contributed by atoms with Crippen molar-refractivity contribution in [3.05, 3.63) is 23.8 Å². The van der Waals surface area contributed by atoms with Crippen molar-refractivity contribution in [3.63, 3.8) is 0 Å². The van der Waals surface area contributed by atoms with E-state index in [1.165, 1.54) is 5.56 Å². The van der Waals surface area contributed by atoms with E-state index in [9.17, 15) is 5.11 Å². The van der Waals surface area contributed by atoms with Gasteiger partial charge in [-0.05, 0) is 42.9 Å². The Morgan fingerprint density at radius 1 is 1.35 bits per heavy atom. The van der Waals surface area contributed by atoms with E-state index in [2.05, 4.69) is 17.9 Å². The number of anilines is 1. The van der Waals surface area contributed by atoms with Crippen molar-refractivity contribution in [3.8, 4) is 5.75 Å². The van der Waals surface area contributed by atoms with Crippen LogP contribution in [-0.4, -0.2) is 29.9 Å². The van der Waals surface area contributed by atoms with Gasteiger partial charge in [-0.15, -0.1) is 0 Å². The van der Waals surface area contributed by atoms with Crippen LogP contribution in [0.1, 0.15) is 25.3 Å². The van der Waals surface area contributed by atoms with E-state index in [1.807, 2.05) is 12.1 Å². The summed E-state index contributed by atoms with van der Waals surface area (Å²) in [5, 5.41) is 18.6. The van der Waals surface area contributed by atoms with E-state index in [1.54, 1.807) is 0 Å². The fourth-order valence-corrected chi connectivity index (χ4v) is 2.53. The Labute approximate surface area is 103 Å². The summed E-state index contributed by atoms with van der Waals surface area (Å²) >= 11 is 0. The van der Waals surface area contributed by atoms with Crippen LogP contribution in [0.15, 0.2) is 18.2 Å². The first-order valence-electron chi connectivity index (χ1n) is 6.41. The number of aryl methyl sites for hydroxylation is 1. The molecule has 0 aliphatic carbocycles. The Bertz CT molecular complexity index is 378. The van der Waals surface area contributed by atoms with Gasteiger partial charge in [0.2, 0.25) is 0 Å². The van der Waals surface area contributed by atoms with Gasteiger partial charge in [-0.25, -0.2) is 0 Å². The van der Waals surface area contributed by atoms with E-state index in [-0.39, 0.29) is 6.61 Å². The maximum atomic E-state index is 9.69. The Morgan fingerprint density at radius 3 is 2.88 bits per heavy atom. The largest absolute Gasteiger partial charge is 0.508 e. The average molecular weight is 235 g/mol. The van der Waals surface area contributed by atoms with Gasteiger partial charge in [-0.1, -0.05) is 6.92 Å². The smallest absolute Gasteiger partial charge is 0.117 e. The van der Waals surface area contributed by atoms with Gasteiger partial charge < -0.3 is 15.1 Å². The molecule has 1 atom stereocenters. The molecule has 2 rings (SSSR count). The summed E-state index contributed by atoms with van der Waals surface area (Å²) in [6, 6.07) is 5.81. The third-order valence-electron chi connectivity index (χ3n) is 3.56. The first-order chi connectivity index (χ1) is 8.22. The quantitative estimate of drug-likeness (QED) is 0.840. The van der Waals surface area contributed by atoms with Crippen LogP contribution < -0.4 is 4.90 Å². The van der Waals surface area contributed by atoms with Crippen molar-refractivity contribution in [1.29, 1.82) is 0 Å². The lowest BCUT2D eigenvalue weighted by molar-refractivity contribution is 0.263. The average Bonchev–Trinajstić information content (AvgIpc) is 2.77.